The second-order valence-corrected chi connectivity index (χ2v) is 6.67. The van der Waals surface area contributed by atoms with Gasteiger partial charge < -0.3 is 10.6 Å². The summed E-state index contributed by atoms with van der Waals surface area (Å²) >= 11 is 1.95. The topological polar surface area (TPSA) is 41.1 Å². The predicted molar refractivity (Wildman–Crippen MR) is 73.4 cm³/mol. The lowest BCUT2D eigenvalue weighted by Crippen LogP contribution is -2.47. The molecule has 0 bridgehead atoms. The minimum atomic E-state index is 0.174. The van der Waals surface area contributed by atoms with Crippen molar-refractivity contribution in [2.75, 3.05) is 19.3 Å². The largest absolute Gasteiger partial charge is 0.352 e. The van der Waals surface area contributed by atoms with Crippen molar-refractivity contribution < 1.29 is 4.79 Å². The highest BCUT2D eigenvalue weighted by molar-refractivity contribution is 8.00. The van der Waals surface area contributed by atoms with E-state index in [0.29, 0.717) is 17.3 Å². The van der Waals surface area contributed by atoms with Gasteiger partial charge in [-0.2, -0.15) is 11.8 Å². The van der Waals surface area contributed by atoms with Gasteiger partial charge in [-0.25, -0.2) is 0 Å². The number of hydrogen-bond acceptors (Lipinski definition) is 3. The first-order chi connectivity index (χ1) is 8.24. The lowest BCUT2D eigenvalue weighted by Gasteiger charge is -2.40. The van der Waals surface area contributed by atoms with Crippen molar-refractivity contribution in [2.45, 2.75) is 55.7 Å². The lowest BCUT2D eigenvalue weighted by atomic mass is 9.84. The van der Waals surface area contributed by atoms with Crippen LogP contribution in [0.2, 0.25) is 0 Å². The molecule has 1 amide bonds. The monoisotopic (exact) mass is 256 g/mol. The molecule has 0 atom stereocenters. The number of thioether (sulfide) groups is 1. The first-order valence-corrected chi connectivity index (χ1v) is 8.02. The van der Waals surface area contributed by atoms with Crippen LogP contribution in [0.3, 0.4) is 0 Å². The fourth-order valence-electron chi connectivity index (χ4n) is 2.78. The predicted octanol–water partition coefficient (Wildman–Crippen LogP) is 1.92. The molecule has 17 heavy (non-hydrogen) atoms. The van der Waals surface area contributed by atoms with Gasteiger partial charge in [-0.15, -0.1) is 0 Å². The molecule has 2 aliphatic carbocycles. The van der Waals surface area contributed by atoms with Gasteiger partial charge in [-0.1, -0.05) is 19.3 Å². The van der Waals surface area contributed by atoms with Crippen molar-refractivity contribution in [3.63, 3.8) is 0 Å². The van der Waals surface area contributed by atoms with Gasteiger partial charge in [0.15, 0.2) is 0 Å². The summed E-state index contributed by atoms with van der Waals surface area (Å²) in [5.74, 6) is 0.174. The SMILES string of the molecule is CSC1(CNCC(=O)NC2CCCC2)CCC1. The Kier molecular flexibility index (Phi) is 4.74. The van der Waals surface area contributed by atoms with Crippen molar-refractivity contribution in [1.82, 2.24) is 10.6 Å². The lowest BCUT2D eigenvalue weighted by molar-refractivity contribution is -0.120. The number of carbonyl (C=O) groups is 1. The van der Waals surface area contributed by atoms with Gasteiger partial charge in [0.1, 0.15) is 0 Å². The van der Waals surface area contributed by atoms with Crippen LogP contribution in [-0.2, 0) is 4.79 Å². The average molecular weight is 256 g/mol. The summed E-state index contributed by atoms with van der Waals surface area (Å²) in [5, 5.41) is 6.43. The van der Waals surface area contributed by atoms with E-state index in [9.17, 15) is 4.79 Å². The summed E-state index contributed by atoms with van der Waals surface area (Å²) in [6, 6.07) is 0.447. The highest BCUT2D eigenvalue weighted by Crippen LogP contribution is 2.42. The van der Waals surface area contributed by atoms with Gasteiger partial charge in [-0.3, -0.25) is 4.79 Å². The van der Waals surface area contributed by atoms with Crippen molar-refractivity contribution >= 4 is 17.7 Å². The van der Waals surface area contributed by atoms with E-state index >= 15 is 0 Å². The molecule has 2 N–H and O–H groups in total. The molecule has 2 rings (SSSR count). The first kappa shape index (κ1) is 13.2. The summed E-state index contributed by atoms with van der Waals surface area (Å²) in [6.07, 6.45) is 11.0. The first-order valence-electron chi connectivity index (χ1n) is 6.79. The van der Waals surface area contributed by atoms with Gasteiger partial charge in [-0.05, 0) is 31.9 Å². The maximum Gasteiger partial charge on any atom is 0.234 e. The molecule has 0 aromatic carbocycles. The third-order valence-corrected chi connectivity index (χ3v) is 5.57. The molecule has 0 unspecified atom stereocenters. The Morgan fingerprint density at radius 3 is 2.53 bits per heavy atom. The molecule has 0 aromatic rings. The van der Waals surface area contributed by atoms with Gasteiger partial charge >= 0.3 is 0 Å². The molecule has 0 aliphatic heterocycles. The minimum Gasteiger partial charge on any atom is -0.352 e. The molecule has 3 nitrogen and oxygen atoms in total. The van der Waals surface area contributed by atoms with Crippen LogP contribution in [0.1, 0.15) is 44.9 Å². The van der Waals surface area contributed by atoms with Gasteiger partial charge in [0.05, 0.1) is 6.54 Å². The number of rotatable bonds is 6. The smallest absolute Gasteiger partial charge is 0.234 e. The fraction of sp³-hybridized carbons (Fsp3) is 0.923. The third kappa shape index (κ3) is 3.62. The Balaban J connectivity index is 1.59. The maximum atomic E-state index is 11.7. The summed E-state index contributed by atoms with van der Waals surface area (Å²) in [6.45, 7) is 1.46. The summed E-state index contributed by atoms with van der Waals surface area (Å²) in [7, 11) is 0. The van der Waals surface area contributed by atoms with E-state index < -0.39 is 0 Å². The van der Waals surface area contributed by atoms with E-state index in [1.54, 1.807) is 0 Å². The molecule has 2 aliphatic rings. The van der Waals surface area contributed by atoms with Crippen LogP contribution in [-0.4, -0.2) is 36.0 Å². The number of nitrogens with one attached hydrogen (secondary N) is 2. The zero-order chi connectivity index (χ0) is 12.1. The van der Waals surface area contributed by atoms with Crippen LogP contribution in [0, 0.1) is 0 Å². The molecule has 0 saturated heterocycles. The maximum absolute atomic E-state index is 11.7. The zero-order valence-corrected chi connectivity index (χ0v) is 11.6. The summed E-state index contributed by atoms with van der Waals surface area (Å²) in [4.78, 5) is 11.7. The van der Waals surface area contributed by atoms with Crippen LogP contribution >= 0.6 is 11.8 Å². The minimum absolute atomic E-state index is 0.174. The van der Waals surface area contributed by atoms with E-state index in [1.807, 2.05) is 11.8 Å². The second-order valence-electron chi connectivity index (χ2n) is 5.39. The van der Waals surface area contributed by atoms with Crippen molar-refractivity contribution in [1.29, 1.82) is 0 Å². The van der Waals surface area contributed by atoms with Gasteiger partial charge in [0.2, 0.25) is 5.91 Å². The Bertz CT molecular complexity index is 255. The fourth-order valence-corrected chi connectivity index (χ4v) is 3.72. The molecular formula is C13H24N2OS. The Morgan fingerprint density at radius 1 is 1.29 bits per heavy atom. The normalized spacial score (nSPS) is 23.4. The highest BCUT2D eigenvalue weighted by atomic mass is 32.2. The Hall–Kier alpha value is -0.220. The van der Waals surface area contributed by atoms with Crippen LogP contribution in [0.15, 0.2) is 0 Å². The van der Waals surface area contributed by atoms with Crippen LogP contribution in [0.25, 0.3) is 0 Å². The third-order valence-electron chi connectivity index (χ3n) is 4.15. The molecular weight excluding hydrogens is 232 g/mol. The average Bonchev–Trinajstić information content (AvgIpc) is 2.75. The molecule has 0 spiro atoms. The number of hydrogen-bond donors (Lipinski definition) is 2. The summed E-state index contributed by atoms with van der Waals surface area (Å²) in [5.41, 5.74) is 0. The van der Waals surface area contributed by atoms with Crippen molar-refractivity contribution in [3.05, 3.63) is 0 Å². The van der Waals surface area contributed by atoms with E-state index in [1.165, 1.54) is 44.9 Å². The Labute approximate surface area is 108 Å². The van der Waals surface area contributed by atoms with E-state index in [4.69, 9.17) is 0 Å². The molecule has 0 radical (unpaired) electrons. The standard InChI is InChI=1S/C13H24N2OS/c1-17-13(7-4-8-13)10-14-9-12(16)15-11-5-2-3-6-11/h11,14H,2-10H2,1H3,(H,15,16). The van der Waals surface area contributed by atoms with Crippen molar-refractivity contribution in [3.8, 4) is 0 Å². The van der Waals surface area contributed by atoms with Gasteiger partial charge in [0, 0.05) is 17.3 Å². The molecule has 0 heterocycles. The quantitative estimate of drug-likeness (QED) is 0.763. The van der Waals surface area contributed by atoms with Crippen molar-refractivity contribution in [2.24, 2.45) is 0 Å². The Morgan fingerprint density at radius 2 is 2.00 bits per heavy atom. The summed E-state index contributed by atoms with van der Waals surface area (Å²) < 4.78 is 0.424. The molecule has 2 saturated carbocycles. The van der Waals surface area contributed by atoms with E-state index in [2.05, 4.69) is 16.9 Å². The molecule has 4 heteroatoms. The number of amides is 1. The second kappa shape index (κ2) is 6.10. The van der Waals surface area contributed by atoms with E-state index in [-0.39, 0.29) is 5.91 Å². The number of carbonyl (C=O) groups excluding carboxylic acids is 1. The van der Waals surface area contributed by atoms with Crippen LogP contribution in [0.4, 0.5) is 0 Å². The van der Waals surface area contributed by atoms with Crippen LogP contribution < -0.4 is 10.6 Å². The molecule has 98 valence electrons. The molecule has 2 fully saturated rings. The van der Waals surface area contributed by atoms with Crippen LogP contribution in [0.5, 0.6) is 0 Å². The van der Waals surface area contributed by atoms with Gasteiger partial charge in [0.25, 0.3) is 0 Å². The highest BCUT2D eigenvalue weighted by Gasteiger charge is 2.35. The molecule has 0 aromatic heterocycles. The van der Waals surface area contributed by atoms with E-state index in [0.717, 1.165) is 6.54 Å². The zero-order valence-electron chi connectivity index (χ0n) is 10.8.